The van der Waals surface area contributed by atoms with Crippen LogP contribution in [-0.2, 0) is 0 Å². The predicted molar refractivity (Wildman–Crippen MR) is 75.6 cm³/mol. The first kappa shape index (κ1) is 12.8. The number of hydrogen-bond acceptors (Lipinski definition) is 3. The maximum Gasteiger partial charge on any atom is 0.161 e. The molecule has 0 radical (unpaired) electrons. The Labute approximate surface area is 111 Å². The van der Waals surface area contributed by atoms with Crippen LogP contribution < -0.4 is 4.90 Å². The Morgan fingerprint density at radius 3 is 2.88 bits per heavy atom. The molecule has 0 aromatic heterocycles. The SMILES string of the molecule is CC(=O)c1ccc(N2CCSCC2C)cc1Cl. The van der Waals surface area contributed by atoms with E-state index in [1.165, 1.54) is 0 Å². The molecule has 1 heterocycles. The second kappa shape index (κ2) is 5.32. The van der Waals surface area contributed by atoms with Crippen molar-refractivity contribution in [3.63, 3.8) is 0 Å². The summed E-state index contributed by atoms with van der Waals surface area (Å²) in [5.41, 5.74) is 1.72. The van der Waals surface area contributed by atoms with E-state index >= 15 is 0 Å². The molecule has 1 aliphatic rings. The Hall–Kier alpha value is -0.670. The van der Waals surface area contributed by atoms with Crippen LogP contribution >= 0.6 is 23.4 Å². The second-order valence-electron chi connectivity index (χ2n) is 4.34. The molecule has 1 fully saturated rings. The van der Waals surface area contributed by atoms with Crippen molar-refractivity contribution in [1.82, 2.24) is 0 Å². The standard InChI is InChI=1S/C13H16ClNOS/c1-9-8-17-6-5-15(9)11-3-4-12(10(2)16)13(14)7-11/h3-4,7,9H,5-6,8H2,1-2H3. The molecule has 1 aliphatic heterocycles. The number of rotatable bonds is 2. The lowest BCUT2D eigenvalue weighted by molar-refractivity contribution is 0.101. The molecule has 0 N–H and O–H groups in total. The smallest absolute Gasteiger partial charge is 0.161 e. The van der Waals surface area contributed by atoms with E-state index in [1.807, 2.05) is 30.0 Å². The lowest BCUT2D eigenvalue weighted by Crippen LogP contribution is -2.40. The van der Waals surface area contributed by atoms with Crippen molar-refractivity contribution in [1.29, 1.82) is 0 Å². The van der Waals surface area contributed by atoms with Gasteiger partial charge in [-0.05, 0) is 32.0 Å². The average molecular weight is 270 g/mol. The summed E-state index contributed by atoms with van der Waals surface area (Å²) < 4.78 is 0. The lowest BCUT2D eigenvalue weighted by atomic mass is 10.1. The van der Waals surface area contributed by atoms with Gasteiger partial charge in [0.1, 0.15) is 0 Å². The Kier molecular flexibility index (Phi) is 4.00. The minimum Gasteiger partial charge on any atom is -0.367 e. The fourth-order valence-corrected chi connectivity index (χ4v) is 3.40. The van der Waals surface area contributed by atoms with Gasteiger partial charge in [0.15, 0.2) is 5.78 Å². The van der Waals surface area contributed by atoms with Gasteiger partial charge in [0.25, 0.3) is 0 Å². The van der Waals surface area contributed by atoms with E-state index in [9.17, 15) is 4.79 Å². The third-order valence-electron chi connectivity index (χ3n) is 3.03. The molecule has 1 saturated heterocycles. The first-order valence-electron chi connectivity index (χ1n) is 5.74. The van der Waals surface area contributed by atoms with Crippen molar-refractivity contribution in [3.8, 4) is 0 Å². The van der Waals surface area contributed by atoms with Gasteiger partial charge in [0.05, 0.1) is 5.02 Å². The summed E-state index contributed by atoms with van der Waals surface area (Å²) in [7, 11) is 0. The number of anilines is 1. The molecule has 4 heteroatoms. The van der Waals surface area contributed by atoms with Crippen LogP contribution in [0.4, 0.5) is 5.69 Å². The largest absolute Gasteiger partial charge is 0.367 e. The highest BCUT2D eigenvalue weighted by Crippen LogP contribution is 2.28. The minimum atomic E-state index is 0.0174. The molecule has 1 unspecified atom stereocenters. The van der Waals surface area contributed by atoms with Crippen molar-refractivity contribution in [2.24, 2.45) is 0 Å². The van der Waals surface area contributed by atoms with Gasteiger partial charge in [-0.2, -0.15) is 11.8 Å². The van der Waals surface area contributed by atoms with Gasteiger partial charge in [0.2, 0.25) is 0 Å². The number of Topliss-reactive ketones (excluding diaryl/α,β-unsaturated/α-hetero) is 1. The van der Waals surface area contributed by atoms with Crippen LogP contribution in [0.3, 0.4) is 0 Å². The number of nitrogens with zero attached hydrogens (tertiary/aromatic N) is 1. The zero-order valence-electron chi connectivity index (χ0n) is 10.1. The van der Waals surface area contributed by atoms with E-state index in [0.717, 1.165) is 23.7 Å². The third-order valence-corrected chi connectivity index (χ3v) is 4.53. The molecule has 1 aromatic carbocycles. The Balaban J connectivity index is 2.27. The molecule has 0 saturated carbocycles. The molecule has 0 spiro atoms. The molecule has 1 atom stereocenters. The summed E-state index contributed by atoms with van der Waals surface area (Å²) in [4.78, 5) is 13.7. The third kappa shape index (κ3) is 2.78. The predicted octanol–water partition coefficient (Wildman–Crippen LogP) is 3.48. The molecule has 0 amide bonds. The second-order valence-corrected chi connectivity index (χ2v) is 5.89. The Morgan fingerprint density at radius 2 is 2.29 bits per heavy atom. The van der Waals surface area contributed by atoms with Gasteiger partial charge in [-0.25, -0.2) is 0 Å². The summed E-state index contributed by atoms with van der Waals surface area (Å²) in [5, 5.41) is 0.556. The minimum absolute atomic E-state index is 0.0174. The summed E-state index contributed by atoms with van der Waals surface area (Å²) in [6, 6.07) is 6.25. The van der Waals surface area contributed by atoms with Gasteiger partial charge in [-0.3, -0.25) is 4.79 Å². The van der Waals surface area contributed by atoms with E-state index in [1.54, 1.807) is 6.92 Å². The molecule has 2 nitrogen and oxygen atoms in total. The van der Waals surface area contributed by atoms with Crippen LogP contribution in [0.25, 0.3) is 0 Å². The molecule has 0 bridgehead atoms. The number of carbonyl (C=O) groups excluding carboxylic acids is 1. The highest BCUT2D eigenvalue weighted by atomic mass is 35.5. The average Bonchev–Trinajstić information content (AvgIpc) is 2.29. The summed E-state index contributed by atoms with van der Waals surface area (Å²) in [6.07, 6.45) is 0. The number of halogens is 1. The van der Waals surface area contributed by atoms with Crippen LogP contribution in [0, 0.1) is 0 Å². The number of carbonyl (C=O) groups is 1. The van der Waals surface area contributed by atoms with Crippen LogP contribution in [0.5, 0.6) is 0 Å². The fraction of sp³-hybridized carbons (Fsp3) is 0.462. The van der Waals surface area contributed by atoms with Gasteiger partial charge < -0.3 is 4.90 Å². The normalized spacial score (nSPS) is 20.4. The summed E-state index contributed by atoms with van der Waals surface area (Å²) >= 11 is 8.12. The lowest BCUT2D eigenvalue weighted by Gasteiger charge is -2.35. The van der Waals surface area contributed by atoms with Gasteiger partial charge in [0, 0.05) is 35.3 Å². The van der Waals surface area contributed by atoms with Gasteiger partial charge >= 0.3 is 0 Å². The van der Waals surface area contributed by atoms with E-state index in [2.05, 4.69) is 11.8 Å². The molecule has 1 aromatic rings. The molecule has 0 aliphatic carbocycles. The van der Waals surface area contributed by atoms with Crippen LogP contribution in [0.1, 0.15) is 24.2 Å². The molecular weight excluding hydrogens is 254 g/mol. The molecule has 2 rings (SSSR count). The zero-order chi connectivity index (χ0) is 12.4. The monoisotopic (exact) mass is 269 g/mol. The fourth-order valence-electron chi connectivity index (χ4n) is 2.08. The Morgan fingerprint density at radius 1 is 1.53 bits per heavy atom. The van der Waals surface area contributed by atoms with E-state index < -0.39 is 0 Å². The van der Waals surface area contributed by atoms with Crippen LogP contribution in [0.15, 0.2) is 18.2 Å². The maximum absolute atomic E-state index is 11.3. The van der Waals surface area contributed by atoms with E-state index in [4.69, 9.17) is 11.6 Å². The molecular formula is C13H16ClNOS. The van der Waals surface area contributed by atoms with Crippen molar-refractivity contribution in [2.75, 3.05) is 23.0 Å². The highest BCUT2D eigenvalue weighted by Gasteiger charge is 2.19. The van der Waals surface area contributed by atoms with Gasteiger partial charge in [-0.15, -0.1) is 0 Å². The van der Waals surface area contributed by atoms with Gasteiger partial charge in [-0.1, -0.05) is 11.6 Å². The highest BCUT2D eigenvalue weighted by molar-refractivity contribution is 7.99. The number of ketones is 1. The van der Waals surface area contributed by atoms with Crippen LogP contribution in [0.2, 0.25) is 5.02 Å². The number of hydrogen-bond donors (Lipinski definition) is 0. The summed E-state index contributed by atoms with van der Waals surface area (Å²) in [5.74, 6) is 2.31. The summed E-state index contributed by atoms with van der Waals surface area (Å²) in [6.45, 7) is 4.81. The first-order chi connectivity index (χ1) is 8.09. The van der Waals surface area contributed by atoms with E-state index in [-0.39, 0.29) is 5.78 Å². The molecule has 17 heavy (non-hydrogen) atoms. The van der Waals surface area contributed by atoms with Crippen molar-refractivity contribution >= 4 is 34.8 Å². The van der Waals surface area contributed by atoms with Crippen molar-refractivity contribution in [2.45, 2.75) is 19.9 Å². The maximum atomic E-state index is 11.3. The number of benzene rings is 1. The number of thioether (sulfide) groups is 1. The first-order valence-corrected chi connectivity index (χ1v) is 7.27. The van der Waals surface area contributed by atoms with Crippen molar-refractivity contribution in [3.05, 3.63) is 28.8 Å². The Bertz CT molecular complexity index is 435. The molecule has 92 valence electrons. The van der Waals surface area contributed by atoms with Crippen molar-refractivity contribution < 1.29 is 4.79 Å². The quantitative estimate of drug-likeness (QED) is 0.767. The van der Waals surface area contributed by atoms with Crippen LogP contribution in [-0.4, -0.2) is 29.9 Å². The zero-order valence-corrected chi connectivity index (χ0v) is 11.6. The van der Waals surface area contributed by atoms with E-state index in [0.29, 0.717) is 16.6 Å². The topological polar surface area (TPSA) is 20.3 Å².